The highest BCUT2D eigenvalue weighted by Crippen LogP contribution is 2.18. The average Bonchev–Trinajstić information content (AvgIpc) is 3.44. The van der Waals surface area contributed by atoms with Gasteiger partial charge in [0.1, 0.15) is 12.3 Å². The van der Waals surface area contributed by atoms with Crippen molar-refractivity contribution in [3.05, 3.63) is 89.2 Å². The van der Waals surface area contributed by atoms with Crippen molar-refractivity contribution in [1.29, 1.82) is 0 Å². The number of hydrogen-bond acceptors (Lipinski definition) is 3. The number of aromatic nitrogens is 1. The Labute approximate surface area is 247 Å². The Balaban J connectivity index is 1.77. The van der Waals surface area contributed by atoms with Crippen LogP contribution in [0.3, 0.4) is 0 Å². The molecule has 1 atom stereocenters. The number of unbranched alkanes of at least 4 members (excludes halogenated alkanes) is 3. The van der Waals surface area contributed by atoms with Crippen molar-refractivity contribution in [3.63, 3.8) is 0 Å². The Morgan fingerprint density at radius 2 is 1.66 bits per heavy atom. The van der Waals surface area contributed by atoms with Crippen molar-refractivity contribution in [2.75, 3.05) is 20.2 Å². The summed E-state index contributed by atoms with van der Waals surface area (Å²) in [5.74, 6) is 0.746. The minimum Gasteiger partial charge on any atom is -0.497 e. The predicted octanol–water partition coefficient (Wildman–Crippen LogP) is 7.35. The fourth-order valence-corrected chi connectivity index (χ4v) is 5.04. The summed E-state index contributed by atoms with van der Waals surface area (Å²) in [6, 6.07) is 20.2. The number of rotatable bonds is 17. The third-order valence-corrected chi connectivity index (χ3v) is 7.85. The van der Waals surface area contributed by atoms with Crippen molar-refractivity contribution in [1.82, 2.24) is 14.4 Å². The van der Waals surface area contributed by atoms with E-state index < -0.39 is 0 Å². The van der Waals surface area contributed by atoms with Gasteiger partial charge in [0.15, 0.2) is 0 Å². The number of aryl methyl sites for hydroxylation is 1. The Morgan fingerprint density at radius 1 is 0.902 bits per heavy atom. The van der Waals surface area contributed by atoms with Crippen LogP contribution < -0.4 is 4.74 Å². The Morgan fingerprint density at radius 3 is 2.34 bits per heavy atom. The van der Waals surface area contributed by atoms with Crippen molar-refractivity contribution in [2.24, 2.45) is 0 Å². The molecule has 41 heavy (non-hydrogen) atoms. The minimum atomic E-state index is -0.0676. The largest absolute Gasteiger partial charge is 0.497 e. The highest BCUT2D eigenvalue weighted by Gasteiger charge is 2.25. The van der Waals surface area contributed by atoms with Gasteiger partial charge in [-0.1, -0.05) is 64.3 Å². The van der Waals surface area contributed by atoms with Crippen LogP contribution in [0.5, 0.6) is 5.75 Å². The monoisotopic (exact) mass is 559 g/mol. The van der Waals surface area contributed by atoms with Crippen LogP contribution in [-0.4, -0.2) is 52.4 Å². The Bertz CT molecular complexity index is 1220. The number of carbonyl (C=O) groups is 2. The van der Waals surface area contributed by atoms with Crippen LogP contribution in [0.25, 0.3) is 0 Å². The van der Waals surface area contributed by atoms with E-state index in [0.29, 0.717) is 25.2 Å². The summed E-state index contributed by atoms with van der Waals surface area (Å²) < 4.78 is 7.58. The number of ether oxygens (including phenoxy) is 1. The van der Waals surface area contributed by atoms with Gasteiger partial charge in [-0.15, -0.1) is 0 Å². The molecular formula is C35H49N3O3. The lowest BCUT2D eigenvalue weighted by molar-refractivity contribution is -0.134. The summed E-state index contributed by atoms with van der Waals surface area (Å²) in [6.45, 7) is 10.4. The molecule has 0 bridgehead atoms. The molecule has 0 aliphatic carbocycles. The number of methoxy groups -OCH3 is 1. The third-order valence-electron chi connectivity index (χ3n) is 7.85. The predicted molar refractivity (Wildman–Crippen MR) is 167 cm³/mol. The molecule has 2 aromatic carbocycles. The van der Waals surface area contributed by atoms with Crippen molar-refractivity contribution >= 4 is 11.8 Å². The van der Waals surface area contributed by atoms with Gasteiger partial charge >= 0.3 is 0 Å². The Hall–Kier alpha value is -3.54. The van der Waals surface area contributed by atoms with E-state index in [0.717, 1.165) is 62.0 Å². The van der Waals surface area contributed by atoms with E-state index in [1.54, 1.807) is 12.0 Å². The summed E-state index contributed by atoms with van der Waals surface area (Å²) in [6.07, 6.45) is 9.17. The molecule has 1 unspecified atom stereocenters. The molecule has 1 aromatic heterocycles. The molecule has 0 spiro atoms. The standard InChI is InChI=1S/C35H49N3O3/c1-6-9-11-22-37(35(40)31-20-18-29(19-21-31)14-10-7-2)27-34(39)38(28(4)8-3)26-32-16-13-23-36(32)25-30-15-12-17-33(24-30)41-5/h12-13,15-21,23-24,28H,6-11,14,22,25-27H2,1-5H3. The maximum atomic E-state index is 13.9. The third kappa shape index (κ3) is 9.51. The molecule has 2 amide bonds. The molecular weight excluding hydrogens is 510 g/mol. The molecule has 1 heterocycles. The molecule has 6 nitrogen and oxygen atoms in total. The van der Waals surface area contributed by atoms with Gasteiger partial charge in [0, 0.05) is 36.6 Å². The van der Waals surface area contributed by atoms with E-state index in [4.69, 9.17) is 4.74 Å². The summed E-state index contributed by atoms with van der Waals surface area (Å²) in [5, 5.41) is 0. The number of benzene rings is 2. The van der Waals surface area contributed by atoms with Crippen molar-refractivity contribution in [2.45, 2.75) is 91.8 Å². The second kappa shape index (κ2) is 16.7. The fraction of sp³-hybridized carbons (Fsp3) is 0.486. The molecule has 0 saturated carbocycles. The number of amides is 2. The molecule has 222 valence electrons. The maximum absolute atomic E-state index is 13.9. The molecule has 0 radical (unpaired) electrons. The lowest BCUT2D eigenvalue weighted by atomic mass is 10.1. The highest BCUT2D eigenvalue weighted by molar-refractivity contribution is 5.96. The van der Waals surface area contributed by atoms with Crippen LogP contribution in [0.2, 0.25) is 0 Å². The summed E-state index contributed by atoms with van der Waals surface area (Å²) in [5.41, 5.74) is 4.10. The number of carbonyl (C=O) groups excluding carboxylic acids is 2. The Kier molecular flexibility index (Phi) is 13.0. The lowest BCUT2D eigenvalue weighted by Crippen LogP contribution is -2.46. The van der Waals surface area contributed by atoms with E-state index in [9.17, 15) is 9.59 Å². The van der Waals surface area contributed by atoms with E-state index in [1.165, 1.54) is 5.56 Å². The first kappa shape index (κ1) is 32.0. The van der Waals surface area contributed by atoms with Crippen LogP contribution in [0.4, 0.5) is 0 Å². The van der Waals surface area contributed by atoms with Crippen LogP contribution in [0.15, 0.2) is 66.9 Å². The van der Waals surface area contributed by atoms with Gasteiger partial charge in [-0.3, -0.25) is 9.59 Å². The lowest BCUT2D eigenvalue weighted by Gasteiger charge is -2.32. The van der Waals surface area contributed by atoms with Crippen molar-refractivity contribution < 1.29 is 14.3 Å². The molecule has 0 aliphatic heterocycles. The zero-order chi connectivity index (χ0) is 29.6. The highest BCUT2D eigenvalue weighted by atomic mass is 16.5. The smallest absolute Gasteiger partial charge is 0.254 e. The summed E-state index contributed by atoms with van der Waals surface area (Å²) >= 11 is 0. The second-order valence-corrected chi connectivity index (χ2v) is 11.0. The van der Waals surface area contributed by atoms with E-state index in [2.05, 4.69) is 62.7 Å². The zero-order valence-electron chi connectivity index (χ0n) is 25.8. The fourth-order valence-electron chi connectivity index (χ4n) is 5.04. The van der Waals surface area contributed by atoms with Gasteiger partial charge in [0.05, 0.1) is 13.7 Å². The SMILES string of the molecule is CCCCCN(CC(=O)N(Cc1cccn1Cc1cccc(OC)c1)C(C)CC)C(=O)c1ccc(CCCC)cc1. The molecule has 3 rings (SSSR count). The van der Waals surface area contributed by atoms with E-state index in [1.807, 2.05) is 41.3 Å². The average molecular weight is 560 g/mol. The first-order valence-electron chi connectivity index (χ1n) is 15.3. The van der Waals surface area contributed by atoms with Crippen LogP contribution in [-0.2, 0) is 24.3 Å². The topological polar surface area (TPSA) is 54.8 Å². The van der Waals surface area contributed by atoms with Gasteiger partial charge in [-0.05, 0) is 80.1 Å². The van der Waals surface area contributed by atoms with Gasteiger partial charge in [0.25, 0.3) is 5.91 Å². The molecule has 3 aromatic rings. The summed E-state index contributed by atoms with van der Waals surface area (Å²) in [7, 11) is 1.68. The molecule has 0 saturated heterocycles. The molecule has 6 heteroatoms. The van der Waals surface area contributed by atoms with Gasteiger partial charge < -0.3 is 19.1 Å². The zero-order valence-corrected chi connectivity index (χ0v) is 25.8. The van der Waals surface area contributed by atoms with Gasteiger partial charge in [-0.2, -0.15) is 0 Å². The first-order chi connectivity index (χ1) is 19.9. The van der Waals surface area contributed by atoms with E-state index >= 15 is 0 Å². The molecule has 0 N–H and O–H groups in total. The quantitative estimate of drug-likeness (QED) is 0.163. The first-order valence-corrected chi connectivity index (χ1v) is 15.3. The number of hydrogen-bond donors (Lipinski definition) is 0. The van der Waals surface area contributed by atoms with Crippen molar-refractivity contribution in [3.8, 4) is 5.75 Å². The second-order valence-electron chi connectivity index (χ2n) is 11.0. The minimum absolute atomic E-state index is 0.0158. The van der Waals surface area contributed by atoms with Crippen LogP contribution >= 0.6 is 0 Å². The van der Waals surface area contributed by atoms with Crippen LogP contribution in [0.1, 0.15) is 93.4 Å². The summed E-state index contributed by atoms with van der Waals surface area (Å²) in [4.78, 5) is 31.2. The molecule has 0 aliphatic rings. The van der Waals surface area contributed by atoms with Crippen LogP contribution in [0, 0.1) is 0 Å². The van der Waals surface area contributed by atoms with Gasteiger partial charge in [-0.25, -0.2) is 0 Å². The number of nitrogens with zero attached hydrogens (tertiary/aromatic N) is 3. The maximum Gasteiger partial charge on any atom is 0.254 e. The molecule has 0 fully saturated rings. The normalized spacial score (nSPS) is 11.7. The van der Waals surface area contributed by atoms with Gasteiger partial charge in [0.2, 0.25) is 5.91 Å². The van der Waals surface area contributed by atoms with E-state index in [-0.39, 0.29) is 24.4 Å².